The Kier molecular flexibility index (Phi) is 6.93. The second-order valence-electron chi connectivity index (χ2n) is 9.46. The predicted octanol–water partition coefficient (Wildman–Crippen LogP) is 5.29. The maximum absolute atomic E-state index is 13.5. The van der Waals surface area contributed by atoms with Gasteiger partial charge in [-0.3, -0.25) is 9.36 Å². The van der Waals surface area contributed by atoms with Gasteiger partial charge in [0.25, 0.3) is 5.91 Å². The Bertz CT molecular complexity index is 1880. The Morgan fingerprint density at radius 3 is 2.51 bits per heavy atom. The lowest BCUT2D eigenvalue weighted by molar-refractivity contribution is 0.0950. The van der Waals surface area contributed by atoms with E-state index >= 15 is 0 Å². The van der Waals surface area contributed by atoms with E-state index in [9.17, 15) is 14.3 Å². The molecule has 8 nitrogen and oxygen atoms in total. The maximum atomic E-state index is 13.5. The van der Waals surface area contributed by atoms with E-state index in [1.165, 1.54) is 18.2 Å². The lowest BCUT2D eigenvalue weighted by atomic mass is 10.1. The number of benzene rings is 3. The molecular formula is C32H25FN6O2. The number of nitrogens with zero attached hydrogens (tertiary/aromatic N) is 4. The standard InChI is InChI=1S/C32H25FN6O2/c33-24-7-2-6-23(17-24)32(41)36-18-20-9-11-25(12-10-20)39-30(26-8-3-15-35-29(26)34)38-28-14-13-27(37-31(28)39)22-5-1-4-21(16-22)19-40/h1-17,40H,18-19H2,(H2,34,35)(H,36,41). The van der Waals surface area contributed by atoms with Crippen molar-refractivity contribution in [1.29, 1.82) is 0 Å². The Morgan fingerprint density at radius 2 is 1.73 bits per heavy atom. The van der Waals surface area contributed by atoms with E-state index in [-0.39, 0.29) is 24.6 Å². The molecule has 6 aromatic rings. The van der Waals surface area contributed by atoms with Crippen LogP contribution in [-0.4, -0.2) is 30.5 Å². The van der Waals surface area contributed by atoms with Crippen LogP contribution in [0.4, 0.5) is 10.2 Å². The summed E-state index contributed by atoms with van der Waals surface area (Å²) in [5, 5.41) is 12.4. The number of rotatable bonds is 7. The van der Waals surface area contributed by atoms with Crippen molar-refractivity contribution in [1.82, 2.24) is 24.8 Å². The number of aliphatic hydroxyl groups excluding tert-OH is 1. The average Bonchev–Trinajstić information content (AvgIpc) is 3.39. The van der Waals surface area contributed by atoms with Crippen molar-refractivity contribution in [3.8, 4) is 28.3 Å². The summed E-state index contributed by atoms with van der Waals surface area (Å²) in [4.78, 5) is 26.5. The number of nitrogens with one attached hydrogen (secondary N) is 1. The number of nitrogens with two attached hydrogens (primary N) is 1. The molecule has 1 amide bonds. The molecule has 0 saturated heterocycles. The summed E-state index contributed by atoms with van der Waals surface area (Å²) in [6.45, 7) is 0.208. The third-order valence-corrected chi connectivity index (χ3v) is 6.72. The summed E-state index contributed by atoms with van der Waals surface area (Å²) >= 11 is 0. The molecule has 0 aliphatic heterocycles. The van der Waals surface area contributed by atoms with E-state index in [0.29, 0.717) is 28.4 Å². The van der Waals surface area contributed by atoms with Crippen molar-refractivity contribution in [2.45, 2.75) is 13.2 Å². The molecule has 3 aromatic carbocycles. The van der Waals surface area contributed by atoms with Crippen LogP contribution in [0.15, 0.2) is 103 Å². The number of imidazole rings is 1. The summed E-state index contributed by atoms with van der Waals surface area (Å²) in [5.41, 5.74) is 12.5. The second-order valence-corrected chi connectivity index (χ2v) is 9.46. The largest absolute Gasteiger partial charge is 0.392 e. The van der Waals surface area contributed by atoms with Gasteiger partial charge < -0.3 is 16.2 Å². The fourth-order valence-corrected chi connectivity index (χ4v) is 4.66. The van der Waals surface area contributed by atoms with E-state index in [4.69, 9.17) is 15.7 Å². The number of fused-ring (bicyclic) bond motifs is 1. The van der Waals surface area contributed by atoms with Gasteiger partial charge in [-0.1, -0.05) is 36.4 Å². The maximum Gasteiger partial charge on any atom is 0.251 e. The number of amides is 1. The number of nitrogen functional groups attached to an aromatic ring is 1. The van der Waals surface area contributed by atoms with Crippen molar-refractivity contribution in [2.75, 3.05) is 5.73 Å². The third kappa shape index (κ3) is 5.26. The number of aromatic nitrogens is 4. The molecular weight excluding hydrogens is 519 g/mol. The van der Waals surface area contributed by atoms with Crippen LogP contribution in [0.25, 0.3) is 39.5 Å². The molecule has 202 valence electrons. The number of hydrogen-bond donors (Lipinski definition) is 3. The molecule has 41 heavy (non-hydrogen) atoms. The van der Waals surface area contributed by atoms with Gasteiger partial charge in [0.05, 0.1) is 17.9 Å². The minimum Gasteiger partial charge on any atom is -0.392 e. The fraction of sp³-hybridized carbons (Fsp3) is 0.0625. The van der Waals surface area contributed by atoms with E-state index in [1.54, 1.807) is 18.3 Å². The minimum atomic E-state index is -0.461. The minimum absolute atomic E-state index is 0.0620. The van der Waals surface area contributed by atoms with Crippen molar-refractivity contribution >= 4 is 22.9 Å². The van der Waals surface area contributed by atoms with Crippen LogP contribution in [0.3, 0.4) is 0 Å². The van der Waals surface area contributed by atoms with Gasteiger partial charge in [-0.2, -0.15) is 0 Å². The summed E-state index contributed by atoms with van der Waals surface area (Å²) in [6.07, 6.45) is 1.63. The fourth-order valence-electron chi connectivity index (χ4n) is 4.66. The number of pyridine rings is 2. The Morgan fingerprint density at radius 1 is 0.902 bits per heavy atom. The molecule has 0 unspecified atom stereocenters. The number of aliphatic hydroxyl groups is 1. The third-order valence-electron chi connectivity index (χ3n) is 6.72. The zero-order chi connectivity index (χ0) is 28.3. The molecule has 6 rings (SSSR count). The first-order valence-electron chi connectivity index (χ1n) is 12.9. The van der Waals surface area contributed by atoms with Crippen LogP contribution < -0.4 is 11.1 Å². The van der Waals surface area contributed by atoms with Gasteiger partial charge in [-0.05, 0) is 71.8 Å². The van der Waals surface area contributed by atoms with Gasteiger partial charge in [-0.25, -0.2) is 19.3 Å². The molecule has 0 aliphatic carbocycles. The number of carbonyl (C=O) groups is 1. The van der Waals surface area contributed by atoms with E-state index < -0.39 is 5.82 Å². The lowest BCUT2D eigenvalue weighted by Crippen LogP contribution is -2.22. The lowest BCUT2D eigenvalue weighted by Gasteiger charge is -2.12. The quantitative estimate of drug-likeness (QED) is 0.251. The smallest absolute Gasteiger partial charge is 0.251 e. The van der Waals surface area contributed by atoms with Crippen molar-refractivity contribution in [2.24, 2.45) is 0 Å². The number of anilines is 1. The monoisotopic (exact) mass is 544 g/mol. The van der Waals surface area contributed by atoms with Gasteiger partial charge in [0.2, 0.25) is 0 Å². The second kappa shape index (κ2) is 11.0. The molecule has 0 saturated carbocycles. The van der Waals surface area contributed by atoms with Crippen LogP contribution in [0.1, 0.15) is 21.5 Å². The van der Waals surface area contributed by atoms with Gasteiger partial charge in [0.1, 0.15) is 17.2 Å². The van der Waals surface area contributed by atoms with Gasteiger partial charge in [-0.15, -0.1) is 0 Å². The molecule has 0 radical (unpaired) electrons. The van der Waals surface area contributed by atoms with E-state index in [0.717, 1.165) is 28.1 Å². The highest BCUT2D eigenvalue weighted by Gasteiger charge is 2.19. The Hall–Kier alpha value is -5.41. The van der Waals surface area contributed by atoms with Gasteiger partial charge in [0.15, 0.2) is 11.5 Å². The molecule has 4 N–H and O–H groups in total. The molecule has 0 fully saturated rings. The summed E-state index contributed by atoms with van der Waals surface area (Å²) in [7, 11) is 0. The van der Waals surface area contributed by atoms with Crippen LogP contribution >= 0.6 is 0 Å². The van der Waals surface area contributed by atoms with Crippen LogP contribution in [0, 0.1) is 5.82 Å². The normalized spacial score (nSPS) is 11.1. The number of carbonyl (C=O) groups excluding carboxylic acids is 1. The van der Waals surface area contributed by atoms with Gasteiger partial charge >= 0.3 is 0 Å². The molecule has 0 bridgehead atoms. The van der Waals surface area contributed by atoms with Crippen LogP contribution in [0.5, 0.6) is 0 Å². The zero-order valence-electron chi connectivity index (χ0n) is 21.8. The van der Waals surface area contributed by atoms with Crippen LogP contribution in [-0.2, 0) is 13.2 Å². The first kappa shape index (κ1) is 25.8. The number of halogens is 1. The number of hydrogen-bond acceptors (Lipinski definition) is 6. The van der Waals surface area contributed by atoms with E-state index in [1.807, 2.05) is 71.3 Å². The molecule has 3 heterocycles. The average molecular weight is 545 g/mol. The van der Waals surface area contributed by atoms with Gasteiger partial charge in [0, 0.05) is 29.6 Å². The van der Waals surface area contributed by atoms with Crippen LogP contribution in [0.2, 0.25) is 0 Å². The molecule has 0 atom stereocenters. The Balaban J connectivity index is 1.38. The molecule has 3 aromatic heterocycles. The summed E-state index contributed by atoms with van der Waals surface area (Å²) in [5.74, 6) is 0.117. The first-order valence-corrected chi connectivity index (χ1v) is 12.9. The van der Waals surface area contributed by atoms with Crippen molar-refractivity contribution in [3.63, 3.8) is 0 Å². The predicted molar refractivity (Wildman–Crippen MR) is 155 cm³/mol. The topological polar surface area (TPSA) is 119 Å². The Labute approximate surface area is 235 Å². The summed E-state index contributed by atoms with van der Waals surface area (Å²) < 4.78 is 15.4. The molecule has 0 spiro atoms. The van der Waals surface area contributed by atoms with Crippen molar-refractivity contribution < 1.29 is 14.3 Å². The highest BCUT2D eigenvalue weighted by Crippen LogP contribution is 2.32. The molecule has 9 heteroatoms. The zero-order valence-corrected chi connectivity index (χ0v) is 21.8. The van der Waals surface area contributed by atoms with Crippen molar-refractivity contribution in [3.05, 3.63) is 126 Å². The highest BCUT2D eigenvalue weighted by atomic mass is 19.1. The SMILES string of the molecule is Nc1ncccc1-c1nc2ccc(-c3cccc(CO)c3)nc2n1-c1ccc(CNC(=O)c2cccc(F)c2)cc1. The summed E-state index contributed by atoms with van der Waals surface area (Å²) in [6, 6.07) is 28.3. The first-order chi connectivity index (χ1) is 20.0. The highest BCUT2D eigenvalue weighted by molar-refractivity contribution is 5.94. The van der Waals surface area contributed by atoms with E-state index in [2.05, 4.69) is 10.3 Å². The molecule has 0 aliphatic rings.